The van der Waals surface area contributed by atoms with Gasteiger partial charge in [0.15, 0.2) is 0 Å². The van der Waals surface area contributed by atoms with E-state index in [-0.39, 0.29) is 12.7 Å². The fourth-order valence-corrected chi connectivity index (χ4v) is 0.977. The maximum absolute atomic E-state index is 8.66. The minimum absolute atomic E-state index is 0.0451. The van der Waals surface area contributed by atoms with Gasteiger partial charge in [-0.05, 0) is 7.05 Å². The number of hydrogen-bond donors (Lipinski definition) is 1. The highest BCUT2D eigenvalue weighted by Crippen LogP contribution is 2.00. The molecule has 1 fully saturated rings. The summed E-state index contributed by atoms with van der Waals surface area (Å²) in [6, 6.07) is 0. The van der Waals surface area contributed by atoms with E-state index >= 15 is 0 Å². The van der Waals surface area contributed by atoms with Crippen LogP contribution in [0, 0.1) is 0 Å². The lowest BCUT2D eigenvalue weighted by Crippen LogP contribution is -2.41. The van der Waals surface area contributed by atoms with Crippen molar-refractivity contribution in [1.82, 2.24) is 4.90 Å². The second kappa shape index (κ2) is 6.58. The van der Waals surface area contributed by atoms with E-state index in [9.17, 15) is 0 Å². The lowest BCUT2D eigenvalue weighted by Gasteiger charge is -2.28. The van der Waals surface area contributed by atoms with Crippen molar-refractivity contribution in [1.29, 1.82) is 0 Å². The van der Waals surface area contributed by atoms with E-state index in [0.29, 0.717) is 0 Å². The molecule has 0 aromatic carbocycles. The molecule has 0 aromatic heterocycles. The lowest BCUT2D eigenvalue weighted by atomic mass is 10.3. The zero-order chi connectivity index (χ0) is 8.69. The Morgan fingerprint density at radius 2 is 2.18 bits per heavy atom. The molecule has 0 spiro atoms. The number of likely N-dealkylation sites (N-methyl/N-ethyl adjacent to an activating group) is 1. The van der Waals surface area contributed by atoms with Gasteiger partial charge in [-0.15, -0.1) is 0 Å². The highest BCUT2D eigenvalue weighted by molar-refractivity contribution is 4.66. The second-order valence-electron chi connectivity index (χ2n) is 2.44. The molecule has 0 aliphatic carbocycles. The van der Waals surface area contributed by atoms with Crippen LogP contribution in [-0.2, 0) is 4.74 Å². The summed E-state index contributed by atoms with van der Waals surface area (Å²) < 4.78 is 5.21. The van der Waals surface area contributed by atoms with Gasteiger partial charge in [0, 0.05) is 13.1 Å². The third kappa shape index (κ3) is 4.35. The van der Waals surface area contributed by atoms with Gasteiger partial charge in [-0.2, -0.15) is 0 Å². The fraction of sp³-hybridized carbons (Fsp3) is 1.00. The summed E-state index contributed by atoms with van der Waals surface area (Å²) in [5.41, 5.74) is 0. The Labute approximate surface area is 69.0 Å². The molecule has 3 heteroatoms. The first-order valence-corrected chi connectivity index (χ1v) is 4.24. The molecule has 3 nitrogen and oxygen atoms in total. The Bertz CT molecular complexity index is 88.2. The average molecular weight is 161 g/mol. The van der Waals surface area contributed by atoms with Crippen molar-refractivity contribution >= 4 is 0 Å². The van der Waals surface area contributed by atoms with Crippen molar-refractivity contribution in [3.05, 3.63) is 0 Å². The molecular formula is C8H19NO2. The van der Waals surface area contributed by atoms with Crippen LogP contribution in [0.25, 0.3) is 0 Å². The van der Waals surface area contributed by atoms with Crippen molar-refractivity contribution in [2.45, 2.75) is 20.0 Å². The van der Waals surface area contributed by atoms with Crippen LogP contribution in [0.1, 0.15) is 13.8 Å². The van der Waals surface area contributed by atoms with Crippen molar-refractivity contribution < 1.29 is 9.84 Å². The van der Waals surface area contributed by atoms with Gasteiger partial charge in [-0.1, -0.05) is 13.8 Å². The zero-order valence-electron chi connectivity index (χ0n) is 7.71. The van der Waals surface area contributed by atoms with E-state index < -0.39 is 0 Å². The maximum Gasteiger partial charge on any atom is 0.0932 e. The minimum Gasteiger partial charge on any atom is -0.394 e. The number of rotatable bonds is 1. The summed E-state index contributed by atoms with van der Waals surface area (Å²) in [7, 11) is 2.03. The van der Waals surface area contributed by atoms with E-state index in [0.717, 1.165) is 19.7 Å². The van der Waals surface area contributed by atoms with Gasteiger partial charge in [0.05, 0.1) is 19.3 Å². The molecule has 0 saturated carbocycles. The quantitative estimate of drug-likeness (QED) is 0.602. The number of hydrogen-bond acceptors (Lipinski definition) is 3. The maximum atomic E-state index is 8.66. The predicted molar refractivity (Wildman–Crippen MR) is 45.7 cm³/mol. The molecule has 1 heterocycles. The van der Waals surface area contributed by atoms with Crippen molar-refractivity contribution in [3.8, 4) is 0 Å². The number of morpholine rings is 1. The SMILES string of the molecule is CC.CN1CCO[C@@H](CO)C1. The summed E-state index contributed by atoms with van der Waals surface area (Å²) in [4.78, 5) is 2.16. The normalized spacial score (nSPS) is 25.6. The molecule has 0 amide bonds. The predicted octanol–water partition coefficient (Wildman–Crippen LogP) is 0.336. The van der Waals surface area contributed by atoms with Crippen molar-refractivity contribution in [3.63, 3.8) is 0 Å². The Hall–Kier alpha value is -0.120. The molecule has 1 aliphatic heterocycles. The summed E-state index contributed by atoms with van der Waals surface area (Å²) in [5.74, 6) is 0. The standard InChI is InChI=1S/C6H13NO2.C2H6/c1-7-2-3-9-6(4-7)5-8;1-2/h6,8H,2-5H2,1H3;1-2H3/t6-;/m1./s1. The van der Waals surface area contributed by atoms with Crippen LogP contribution in [0.4, 0.5) is 0 Å². The molecule has 0 bridgehead atoms. The lowest BCUT2D eigenvalue weighted by molar-refractivity contribution is -0.0453. The summed E-state index contributed by atoms with van der Waals surface area (Å²) in [6.07, 6.45) is 0.0451. The van der Waals surface area contributed by atoms with Crippen LogP contribution >= 0.6 is 0 Å². The van der Waals surface area contributed by atoms with E-state index in [1.54, 1.807) is 0 Å². The van der Waals surface area contributed by atoms with Crippen LogP contribution < -0.4 is 0 Å². The Kier molecular flexibility index (Phi) is 6.51. The second-order valence-corrected chi connectivity index (χ2v) is 2.44. The van der Waals surface area contributed by atoms with Crippen LogP contribution in [0.5, 0.6) is 0 Å². The number of ether oxygens (including phenoxy) is 1. The van der Waals surface area contributed by atoms with Crippen molar-refractivity contribution in [2.75, 3.05) is 33.4 Å². The van der Waals surface area contributed by atoms with Crippen LogP contribution in [0.2, 0.25) is 0 Å². The molecule has 68 valence electrons. The molecule has 0 unspecified atom stereocenters. The largest absolute Gasteiger partial charge is 0.394 e. The minimum atomic E-state index is 0.0451. The first-order valence-electron chi connectivity index (χ1n) is 4.24. The van der Waals surface area contributed by atoms with E-state index in [4.69, 9.17) is 9.84 Å². The van der Waals surface area contributed by atoms with Gasteiger partial charge in [-0.3, -0.25) is 0 Å². The first kappa shape index (κ1) is 10.9. The molecule has 1 saturated heterocycles. The third-order valence-electron chi connectivity index (χ3n) is 1.55. The monoisotopic (exact) mass is 161 g/mol. The van der Waals surface area contributed by atoms with Gasteiger partial charge in [0.2, 0.25) is 0 Å². The molecule has 1 rings (SSSR count). The van der Waals surface area contributed by atoms with Gasteiger partial charge in [-0.25, -0.2) is 0 Å². The smallest absolute Gasteiger partial charge is 0.0932 e. The number of nitrogens with zero attached hydrogens (tertiary/aromatic N) is 1. The molecular weight excluding hydrogens is 142 g/mol. The summed E-state index contributed by atoms with van der Waals surface area (Å²) in [6.45, 7) is 6.74. The Morgan fingerprint density at radius 3 is 2.55 bits per heavy atom. The van der Waals surface area contributed by atoms with E-state index in [1.165, 1.54) is 0 Å². The highest BCUT2D eigenvalue weighted by Gasteiger charge is 2.15. The van der Waals surface area contributed by atoms with Gasteiger partial charge in [0.25, 0.3) is 0 Å². The molecule has 11 heavy (non-hydrogen) atoms. The fourth-order valence-electron chi connectivity index (χ4n) is 0.977. The van der Waals surface area contributed by atoms with Gasteiger partial charge in [0.1, 0.15) is 0 Å². The van der Waals surface area contributed by atoms with E-state index in [1.807, 2.05) is 20.9 Å². The summed E-state index contributed by atoms with van der Waals surface area (Å²) in [5, 5.41) is 8.66. The topological polar surface area (TPSA) is 32.7 Å². The molecule has 0 aromatic rings. The van der Waals surface area contributed by atoms with Crippen LogP contribution in [0.3, 0.4) is 0 Å². The first-order chi connectivity index (χ1) is 5.33. The highest BCUT2D eigenvalue weighted by atomic mass is 16.5. The third-order valence-corrected chi connectivity index (χ3v) is 1.55. The molecule has 0 radical (unpaired) electrons. The van der Waals surface area contributed by atoms with Crippen molar-refractivity contribution in [2.24, 2.45) is 0 Å². The van der Waals surface area contributed by atoms with Gasteiger partial charge < -0.3 is 14.7 Å². The van der Waals surface area contributed by atoms with Crippen LogP contribution in [0.15, 0.2) is 0 Å². The van der Waals surface area contributed by atoms with Crippen LogP contribution in [-0.4, -0.2) is 49.5 Å². The Balaban J connectivity index is 0.000000461. The molecule has 1 aliphatic rings. The number of aliphatic hydroxyl groups is 1. The average Bonchev–Trinajstić information content (AvgIpc) is 2.08. The van der Waals surface area contributed by atoms with Gasteiger partial charge >= 0.3 is 0 Å². The zero-order valence-corrected chi connectivity index (χ0v) is 7.71. The Morgan fingerprint density at radius 1 is 1.55 bits per heavy atom. The molecule has 1 N–H and O–H groups in total. The number of aliphatic hydroxyl groups excluding tert-OH is 1. The summed E-state index contributed by atoms with van der Waals surface area (Å²) >= 11 is 0. The van der Waals surface area contributed by atoms with E-state index in [2.05, 4.69) is 4.90 Å². The molecule has 1 atom stereocenters.